The Morgan fingerprint density at radius 3 is 2.70 bits per heavy atom. The minimum Gasteiger partial charge on any atom is -0.442 e. The summed E-state index contributed by atoms with van der Waals surface area (Å²) in [5.74, 6) is 0.551. The van der Waals surface area contributed by atoms with E-state index in [1.54, 1.807) is 6.08 Å². The fraction of sp³-hybridized carbons (Fsp3) is 0.565. The SMILES string of the molecule is CC(=O)NCC1CN(C2=CC=C(N3CC4=C(C3)N(CS(C)(C)C)N(C)C4)C(F)=CC2)C(=O)O1. The van der Waals surface area contributed by atoms with E-state index in [0.29, 0.717) is 37.4 Å². The quantitative estimate of drug-likeness (QED) is 0.631. The van der Waals surface area contributed by atoms with Crippen molar-refractivity contribution >= 4 is 22.0 Å². The molecule has 4 rings (SSSR count). The van der Waals surface area contributed by atoms with Gasteiger partial charge in [-0.15, -0.1) is 0 Å². The number of ether oxygens (including phenoxy) is 1. The van der Waals surface area contributed by atoms with Crippen molar-refractivity contribution in [3.05, 3.63) is 46.7 Å². The number of nitrogens with one attached hydrogen (secondary N) is 1. The lowest BCUT2D eigenvalue weighted by Gasteiger charge is -2.38. The van der Waals surface area contributed by atoms with Crippen molar-refractivity contribution in [2.75, 3.05) is 64.4 Å². The number of hydrazine groups is 1. The Morgan fingerprint density at radius 1 is 1.24 bits per heavy atom. The van der Waals surface area contributed by atoms with Crippen LogP contribution in [0.25, 0.3) is 0 Å². The molecule has 4 aliphatic rings. The van der Waals surface area contributed by atoms with Crippen molar-refractivity contribution in [3.63, 3.8) is 0 Å². The zero-order valence-electron chi connectivity index (χ0n) is 20.1. The van der Waals surface area contributed by atoms with Crippen molar-refractivity contribution in [2.24, 2.45) is 0 Å². The highest BCUT2D eigenvalue weighted by Gasteiger charge is 2.37. The van der Waals surface area contributed by atoms with Crippen LogP contribution in [-0.4, -0.2) is 102 Å². The van der Waals surface area contributed by atoms with E-state index in [9.17, 15) is 9.59 Å². The zero-order chi connectivity index (χ0) is 23.9. The number of allylic oxidation sites excluding steroid dienone is 4. The second-order valence-electron chi connectivity index (χ2n) is 9.86. The molecule has 0 radical (unpaired) electrons. The van der Waals surface area contributed by atoms with Crippen LogP contribution in [0, 0.1) is 0 Å². The summed E-state index contributed by atoms with van der Waals surface area (Å²) in [6.07, 6.45) is 11.5. The molecule has 0 aromatic heterocycles. The van der Waals surface area contributed by atoms with E-state index >= 15 is 4.39 Å². The lowest BCUT2D eigenvalue weighted by atomic mass is 10.2. The average molecular weight is 480 g/mol. The number of hydrogen-bond acceptors (Lipinski definition) is 6. The number of halogens is 1. The molecule has 182 valence electrons. The molecular formula is C23H34FN5O3S. The summed E-state index contributed by atoms with van der Waals surface area (Å²) in [7, 11) is 1.39. The first kappa shape index (κ1) is 23.7. The van der Waals surface area contributed by atoms with Crippen LogP contribution in [0.1, 0.15) is 13.3 Å². The van der Waals surface area contributed by atoms with Gasteiger partial charge >= 0.3 is 6.09 Å². The molecular weight excluding hydrogens is 445 g/mol. The van der Waals surface area contributed by atoms with E-state index in [-0.39, 0.29) is 18.3 Å². The van der Waals surface area contributed by atoms with Gasteiger partial charge in [-0.25, -0.2) is 24.2 Å². The molecule has 8 nitrogen and oxygen atoms in total. The third-order valence-corrected chi connectivity index (χ3v) is 7.11. The molecule has 1 N–H and O–H groups in total. The summed E-state index contributed by atoms with van der Waals surface area (Å²) < 4.78 is 20.5. The number of hydrogen-bond donors (Lipinski definition) is 1. The van der Waals surface area contributed by atoms with E-state index in [1.807, 2.05) is 6.08 Å². The molecule has 1 saturated heterocycles. The lowest BCUT2D eigenvalue weighted by molar-refractivity contribution is -0.119. The minimum atomic E-state index is -0.724. The fourth-order valence-corrected chi connectivity index (χ4v) is 5.64. The Morgan fingerprint density at radius 2 is 2.00 bits per heavy atom. The Bertz CT molecular complexity index is 968. The van der Waals surface area contributed by atoms with Crippen molar-refractivity contribution in [1.29, 1.82) is 0 Å². The van der Waals surface area contributed by atoms with Crippen molar-refractivity contribution in [2.45, 2.75) is 19.4 Å². The number of carbonyl (C=O) groups is 2. The number of cyclic esters (lactones) is 1. The highest BCUT2D eigenvalue weighted by atomic mass is 32.3. The standard InChI is InChI=1S/C23H34FN5O3S/c1-16(30)25-10-19-13-28(23(31)32-19)18-6-8-20(24)21(9-7-18)27-12-17-11-26(2)29(22(17)14-27)15-33(3,4)5/h7-9,19H,6,10-15H2,1-5H3,(H,25,30). The summed E-state index contributed by atoms with van der Waals surface area (Å²) in [5.41, 5.74) is 3.86. The van der Waals surface area contributed by atoms with E-state index in [1.165, 1.54) is 29.2 Å². The lowest BCUT2D eigenvalue weighted by Crippen LogP contribution is -2.40. The van der Waals surface area contributed by atoms with Gasteiger partial charge in [0.1, 0.15) is 11.9 Å². The van der Waals surface area contributed by atoms with Crippen molar-refractivity contribution < 1.29 is 18.7 Å². The van der Waals surface area contributed by atoms with Crippen LogP contribution < -0.4 is 5.32 Å². The summed E-state index contributed by atoms with van der Waals surface area (Å²) in [4.78, 5) is 27.1. The second-order valence-corrected chi connectivity index (χ2v) is 14.3. The van der Waals surface area contributed by atoms with Crippen LogP contribution in [0.4, 0.5) is 9.18 Å². The van der Waals surface area contributed by atoms with Crippen LogP contribution >= 0.6 is 10.0 Å². The van der Waals surface area contributed by atoms with Gasteiger partial charge in [-0.1, -0.05) is 0 Å². The fourth-order valence-electron chi connectivity index (χ4n) is 4.55. The summed E-state index contributed by atoms with van der Waals surface area (Å²) in [5, 5.41) is 7.30. The smallest absolute Gasteiger partial charge is 0.414 e. The maximum absolute atomic E-state index is 15.1. The van der Waals surface area contributed by atoms with Gasteiger partial charge < -0.3 is 15.0 Å². The Hall–Kier alpha value is -2.46. The van der Waals surface area contributed by atoms with Crippen LogP contribution in [0.15, 0.2) is 46.7 Å². The van der Waals surface area contributed by atoms with Crippen molar-refractivity contribution in [3.8, 4) is 0 Å². The van der Waals surface area contributed by atoms with Gasteiger partial charge in [0.25, 0.3) is 0 Å². The molecule has 10 heteroatoms. The third-order valence-electron chi connectivity index (χ3n) is 6.09. The van der Waals surface area contributed by atoms with Gasteiger partial charge in [0.05, 0.1) is 36.9 Å². The topological polar surface area (TPSA) is 68.4 Å². The first-order valence-electron chi connectivity index (χ1n) is 11.1. The molecule has 1 unspecified atom stereocenters. The maximum atomic E-state index is 15.1. The largest absolute Gasteiger partial charge is 0.442 e. The maximum Gasteiger partial charge on any atom is 0.414 e. The van der Waals surface area contributed by atoms with Gasteiger partial charge in [0.2, 0.25) is 5.91 Å². The number of amides is 2. The highest BCUT2D eigenvalue weighted by Crippen LogP contribution is 2.41. The first-order valence-corrected chi connectivity index (χ1v) is 14.1. The Kier molecular flexibility index (Phi) is 6.50. The van der Waals surface area contributed by atoms with Crippen molar-refractivity contribution in [1.82, 2.24) is 25.1 Å². The highest BCUT2D eigenvalue weighted by molar-refractivity contribution is 8.32. The molecule has 0 saturated carbocycles. The zero-order valence-corrected chi connectivity index (χ0v) is 20.9. The van der Waals surface area contributed by atoms with Gasteiger partial charge in [-0.2, -0.15) is 0 Å². The number of rotatable bonds is 6. The molecule has 1 fully saturated rings. The number of carbonyl (C=O) groups excluding carboxylic acids is 2. The number of nitrogens with zero attached hydrogens (tertiary/aromatic N) is 4. The predicted octanol–water partition coefficient (Wildman–Crippen LogP) is 2.35. The average Bonchev–Trinajstić information content (AvgIpc) is 3.32. The molecule has 3 aliphatic heterocycles. The van der Waals surface area contributed by atoms with Crippen LogP contribution in [0.3, 0.4) is 0 Å². The number of likely N-dealkylation sites (N-methyl/N-ethyl adjacent to an activating group) is 1. The molecule has 1 aliphatic carbocycles. The van der Waals surface area contributed by atoms with E-state index in [0.717, 1.165) is 12.4 Å². The predicted molar refractivity (Wildman–Crippen MR) is 129 cm³/mol. The molecule has 0 aromatic carbocycles. The normalized spacial score (nSPS) is 24.4. The van der Waals surface area contributed by atoms with Crippen LogP contribution in [-0.2, 0) is 9.53 Å². The van der Waals surface area contributed by atoms with Gasteiger partial charge in [0, 0.05) is 39.2 Å². The van der Waals surface area contributed by atoms with Crippen LogP contribution in [0.5, 0.6) is 0 Å². The van der Waals surface area contributed by atoms with E-state index < -0.39 is 22.2 Å². The second kappa shape index (κ2) is 9.06. The molecule has 33 heavy (non-hydrogen) atoms. The van der Waals surface area contributed by atoms with Gasteiger partial charge in [-0.3, -0.25) is 14.7 Å². The molecule has 0 bridgehead atoms. The van der Waals surface area contributed by atoms with Gasteiger partial charge in [0.15, 0.2) is 0 Å². The van der Waals surface area contributed by atoms with E-state index in [2.05, 4.69) is 46.0 Å². The monoisotopic (exact) mass is 479 g/mol. The molecule has 1 atom stereocenters. The Balaban J connectivity index is 1.46. The summed E-state index contributed by atoms with van der Waals surface area (Å²) >= 11 is 0. The molecule has 0 aromatic rings. The summed E-state index contributed by atoms with van der Waals surface area (Å²) in [6, 6.07) is 0. The van der Waals surface area contributed by atoms with Crippen LogP contribution in [0.2, 0.25) is 0 Å². The first-order chi connectivity index (χ1) is 15.5. The minimum absolute atomic E-state index is 0.171. The molecule has 3 heterocycles. The summed E-state index contributed by atoms with van der Waals surface area (Å²) in [6.45, 7) is 4.28. The van der Waals surface area contributed by atoms with Gasteiger partial charge in [-0.05, 0) is 42.6 Å². The van der Waals surface area contributed by atoms with E-state index in [4.69, 9.17) is 4.74 Å². The third kappa shape index (κ3) is 5.22. The Labute approximate surface area is 196 Å². The molecule has 2 amide bonds. The molecule has 0 spiro atoms.